The number of carbonyl (C=O) groups is 3. The Morgan fingerprint density at radius 1 is 1.30 bits per heavy atom. The summed E-state index contributed by atoms with van der Waals surface area (Å²) in [4.78, 5) is 37.1. The van der Waals surface area contributed by atoms with E-state index in [9.17, 15) is 14.4 Å². The van der Waals surface area contributed by atoms with Crippen molar-refractivity contribution in [2.45, 2.75) is 38.8 Å². The summed E-state index contributed by atoms with van der Waals surface area (Å²) >= 11 is 0. The van der Waals surface area contributed by atoms with Crippen LogP contribution in [-0.4, -0.2) is 52.8 Å². The summed E-state index contributed by atoms with van der Waals surface area (Å²) in [5.41, 5.74) is -1.91. The standard InChI is InChI=1S/C15H23N3O5/c1-14(2,3)23-13(21)18(6)15(4,9-19)10-8-17(5)16-11(10)12(20)22-7/h8-9H,1-7H3. The Labute approximate surface area is 135 Å². The molecule has 1 amide bonds. The molecule has 1 unspecified atom stereocenters. The van der Waals surface area contributed by atoms with E-state index in [1.165, 1.54) is 32.0 Å². The Bertz CT molecular complexity index is 617. The quantitative estimate of drug-likeness (QED) is 0.615. The molecule has 128 valence electrons. The monoisotopic (exact) mass is 325 g/mol. The van der Waals surface area contributed by atoms with Crippen molar-refractivity contribution >= 4 is 18.3 Å². The molecule has 8 nitrogen and oxygen atoms in total. The zero-order chi connectivity index (χ0) is 18.0. The lowest BCUT2D eigenvalue weighted by atomic mass is 9.92. The van der Waals surface area contributed by atoms with Crippen LogP contribution in [0.25, 0.3) is 0 Å². The molecule has 1 aromatic heterocycles. The maximum absolute atomic E-state index is 12.3. The highest BCUT2D eigenvalue weighted by Gasteiger charge is 2.41. The van der Waals surface area contributed by atoms with E-state index in [2.05, 4.69) is 9.84 Å². The summed E-state index contributed by atoms with van der Waals surface area (Å²) in [6.07, 6.45) is 1.38. The first kappa shape index (κ1) is 18.7. The predicted octanol–water partition coefficient (Wildman–Crippen LogP) is 1.49. The molecule has 0 aliphatic heterocycles. The van der Waals surface area contributed by atoms with Gasteiger partial charge in [0.15, 0.2) is 5.69 Å². The van der Waals surface area contributed by atoms with Gasteiger partial charge in [-0.25, -0.2) is 9.59 Å². The molecule has 0 saturated carbocycles. The number of hydrogen-bond acceptors (Lipinski definition) is 6. The van der Waals surface area contributed by atoms with Crippen LogP contribution in [0.15, 0.2) is 6.20 Å². The second-order valence-corrected chi connectivity index (χ2v) is 6.36. The van der Waals surface area contributed by atoms with Gasteiger partial charge >= 0.3 is 12.1 Å². The first-order valence-electron chi connectivity index (χ1n) is 7.02. The average Bonchev–Trinajstić information content (AvgIpc) is 2.85. The third kappa shape index (κ3) is 3.88. The van der Waals surface area contributed by atoms with Gasteiger partial charge in [-0.3, -0.25) is 9.58 Å². The fourth-order valence-electron chi connectivity index (χ4n) is 1.95. The Morgan fingerprint density at radius 3 is 2.30 bits per heavy atom. The van der Waals surface area contributed by atoms with E-state index in [4.69, 9.17) is 4.74 Å². The summed E-state index contributed by atoms with van der Waals surface area (Å²) in [6, 6.07) is 0. The van der Waals surface area contributed by atoms with Crippen LogP contribution in [0.3, 0.4) is 0 Å². The molecule has 1 aromatic rings. The molecule has 0 radical (unpaired) electrons. The summed E-state index contributed by atoms with van der Waals surface area (Å²) in [5.74, 6) is -0.689. The number of esters is 1. The van der Waals surface area contributed by atoms with Gasteiger partial charge < -0.3 is 14.3 Å². The van der Waals surface area contributed by atoms with Gasteiger partial charge in [-0.1, -0.05) is 0 Å². The van der Waals surface area contributed by atoms with Crippen molar-refractivity contribution < 1.29 is 23.9 Å². The number of aryl methyl sites for hydroxylation is 1. The molecule has 1 rings (SSSR count). The van der Waals surface area contributed by atoms with Crippen LogP contribution in [0.1, 0.15) is 43.7 Å². The summed E-state index contributed by atoms with van der Waals surface area (Å²) in [5, 5.41) is 4.02. The van der Waals surface area contributed by atoms with Crippen molar-refractivity contribution in [1.29, 1.82) is 0 Å². The van der Waals surface area contributed by atoms with Crippen molar-refractivity contribution in [1.82, 2.24) is 14.7 Å². The smallest absolute Gasteiger partial charge is 0.411 e. The number of aldehydes is 1. The van der Waals surface area contributed by atoms with E-state index in [-0.39, 0.29) is 11.3 Å². The normalized spacial score (nSPS) is 13.9. The summed E-state index contributed by atoms with van der Waals surface area (Å²) in [6.45, 7) is 6.68. The molecule has 0 bridgehead atoms. The second-order valence-electron chi connectivity index (χ2n) is 6.36. The number of ether oxygens (including phenoxy) is 2. The predicted molar refractivity (Wildman–Crippen MR) is 82.0 cm³/mol. The highest BCUT2D eigenvalue weighted by Crippen LogP contribution is 2.29. The topological polar surface area (TPSA) is 90.7 Å². The van der Waals surface area contributed by atoms with Gasteiger partial charge in [0.05, 0.1) is 7.11 Å². The Morgan fingerprint density at radius 2 is 1.87 bits per heavy atom. The van der Waals surface area contributed by atoms with Crippen molar-refractivity contribution in [3.05, 3.63) is 17.5 Å². The lowest BCUT2D eigenvalue weighted by Crippen LogP contribution is -2.48. The molecule has 23 heavy (non-hydrogen) atoms. The number of rotatable bonds is 4. The molecule has 0 N–H and O–H groups in total. The number of carbonyl (C=O) groups excluding carboxylic acids is 3. The van der Waals surface area contributed by atoms with Gasteiger partial charge in [0.2, 0.25) is 0 Å². The number of nitrogens with zero attached hydrogens (tertiary/aromatic N) is 3. The maximum atomic E-state index is 12.3. The zero-order valence-electron chi connectivity index (χ0n) is 14.5. The number of likely N-dealkylation sites (N-methyl/N-ethyl adjacent to an activating group) is 1. The van der Waals surface area contributed by atoms with Crippen molar-refractivity contribution in [3.63, 3.8) is 0 Å². The van der Waals surface area contributed by atoms with Crippen LogP contribution in [0.4, 0.5) is 4.79 Å². The van der Waals surface area contributed by atoms with Crippen LogP contribution in [0.5, 0.6) is 0 Å². The lowest BCUT2D eigenvalue weighted by molar-refractivity contribution is -0.117. The van der Waals surface area contributed by atoms with E-state index in [0.29, 0.717) is 6.29 Å². The van der Waals surface area contributed by atoms with Crippen molar-refractivity contribution in [3.8, 4) is 0 Å². The number of hydrogen-bond donors (Lipinski definition) is 0. The minimum Gasteiger partial charge on any atom is -0.464 e. The molecule has 0 saturated heterocycles. The Balaban J connectivity index is 3.32. The van der Waals surface area contributed by atoms with Gasteiger partial charge in [0.1, 0.15) is 17.4 Å². The van der Waals surface area contributed by atoms with Gasteiger partial charge in [0, 0.05) is 25.9 Å². The molecule has 1 heterocycles. The van der Waals surface area contributed by atoms with Gasteiger partial charge in [0.25, 0.3) is 0 Å². The minimum atomic E-state index is -1.43. The molecule has 1 atom stereocenters. The third-order valence-corrected chi connectivity index (χ3v) is 3.35. The molecular weight excluding hydrogens is 302 g/mol. The van der Waals surface area contributed by atoms with Gasteiger partial charge in [-0.05, 0) is 27.7 Å². The van der Waals surface area contributed by atoms with Gasteiger partial charge in [-0.2, -0.15) is 5.10 Å². The molecule has 0 aliphatic rings. The largest absolute Gasteiger partial charge is 0.464 e. The van der Waals surface area contributed by atoms with Gasteiger partial charge in [-0.15, -0.1) is 0 Å². The molecular formula is C15H23N3O5. The number of aromatic nitrogens is 2. The molecule has 0 fully saturated rings. The average molecular weight is 325 g/mol. The number of methoxy groups -OCH3 is 1. The minimum absolute atomic E-state index is 0.0278. The Kier molecular flexibility index (Phi) is 5.19. The molecule has 0 aromatic carbocycles. The highest BCUT2D eigenvalue weighted by molar-refractivity contribution is 5.91. The van der Waals surface area contributed by atoms with E-state index in [1.807, 2.05) is 0 Å². The molecule has 0 aliphatic carbocycles. The van der Waals surface area contributed by atoms with E-state index in [0.717, 1.165) is 4.90 Å². The zero-order valence-corrected chi connectivity index (χ0v) is 14.5. The third-order valence-electron chi connectivity index (χ3n) is 3.35. The number of amides is 1. The maximum Gasteiger partial charge on any atom is 0.411 e. The van der Waals surface area contributed by atoms with Crippen LogP contribution < -0.4 is 0 Å². The van der Waals surface area contributed by atoms with E-state index in [1.54, 1.807) is 27.8 Å². The first-order valence-corrected chi connectivity index (χ1v) is 7.02. The van der Waals surface area contributed by atoms with E-state index >= 15 is 0 Å². The van der Waals surface area contributed by atoms with Crippen molar-refractivity contribution in [2.24, 2.45) is 7.05 Å². The van der Waals surface area contributed by atoms with Crippen LogP contribution in [0.2, 0.25) is 0 Å². The Hall–Kier alpha value is -2.38. The van der Waals surface area contributed by atoms with Crippen LogP contribution >= 0.6 is 0 Å². The summed E-state index contributed by atoms with van der Waals surface area (Å²) < 4.78 is 11.4. The fourth-order valence-corrected chi connectivity index (χ4v) is 1.95. The SMILES string of the molecule is COC(=O)c1nn(C)cc1C(C)(C=O)N(C)C(=O)OC(C)(C)C. The highest BCUT2D eigenvalue weighted by atomic mass is 16.6. The second kappa shape index (κ2) is 6.39. The molecule has 0 spiro atoms. The van der Waals surface area contributed by atoms with Crippen LogP contribution in [-0.2, 0) is 26.9 Å². The summed E-state index contributed by atoms with van der Waals surface area (Å²) in [7, 11) is 4.25. The van der Waals surface area contributed by atoms with Crippen LogP contribution in [0, 0.1) is 0 Å². The lowest BCUT2D eigenvalue weighted by Gasteiger charge is -2.35. The first-order chi connectivity index (χ1) is 10.5. The van der Waals surface area contributed by atoms with Crippen molar-refractivity contribution in [2.75, 3.05) is 14.2 Å². The molecule has 8 heteroatoms. The van der Waals surface area contributed by atoms with E-state index < -0.39 is 23.2 Å². The fraction of sp³-hybridized carbons (Fsp3) is 0.600.